The molecule has 36 heavy (non-hydrogen) atoms. The number of anilines is 1. The monoisotopic (exact) mass is 497 g/mol. The smallest absolute Gasteiger partial charge is 0.257 e. The number of nitrogens with zero attached hydrogens (tertiary/aromatic N) is 2. The molecule has 0 saturated heterocycles. The van der Waals surface area contributed by atoms with Crippen LogP contribution in [0.25, 0.3) is 0 Å². The normalized spacial score (nSPS) is 21.6. The number of benzene rings is 2. The van der Waals surface area contributed by atoms with Crippen molar-refractivity contribution in [1.29, 1.82) is 0 Å². The molecule has 2 aromatic carbocycles. The van der Waals surface area contributed by atoms with Crippen molar-refractivity contribution in [3.63, 3.8) is 0 Å². The molecule has 1 aliphatic heterocycles. The number of rotatable bonds is 6. The van der Waals surface area contributed by atoms with Crippen molar-refractivity contribution in [2.75, 3.05) is 52.8 Å². The van der Waals surface area contributed by atoms with Gasteiger partial charge < -0.3 is 24.4 Å². The summed E-state index contributed by atoms with van der Waals surface area (Å²) in [6, 6.07) is 12.3. The second-order valence-electron chi connectivity index (χ2n) is 9.49. The molecule has 1 heterocycles. The average molecular weight is 498 g/mol. The van der Waals surface area contributed by atoms with Gasteiger partial charge in [0.2, 0.25) is 0 Å². The molecule has 1 aliphatic rings. The van der Waals surface area contributed by atoms with E-state index in [-0.39, 0.29) is 29.9 Å². The number of carbonyl (C=O) groups excluding carboxylic acids is 2. The standard InChI is InChI=1S/C28H39N3O5/c1-7-13-31-16-19(2)26(35-6)17-30(4)28(33)24-15-22(11-12-25(24)36-18-20(31)3)29-27(32)21-9-8-10-23(14-21)34-5/h8-12,14-15,19-20,26H,7,13,16-18H2,1-6H3,(H,29,32)/t19-,20+,26-/m0/s1. The Kier molecular flexibility index (Phi) is 9.73. The van der Waals surface area contributed by atoms with Crippen LogP contribution in [-0.2, 0) is 4.74 Å². The molecule has 196 valence electrons. The Hall–Kier alpha value is -3.10. The van der Waals surface area contributed by atoms with Crippen molar-refractivity contribution in [3.05, 3.63) is 53.6 Å². The first kappa shape index (κ1) is 27.5. The molecule has 0 spiro atoms. The summed E-state index contributed by atoms with van der Waals surface area (Å²) in [6.45, 7) is 9.20. The van der Waals surface area contributed by atoms with Crippen LogP contribution in [0, 0.1) is 5.92 Å². The van der Waals surface area contributed by atoms with Crippen LogP contribution in [0.15, 0.2) is 42.5 Å². The highest BCUT2D eigenvalue weighted by atomic mass is 16.5. The Morgan fingerprint density at radius 1 is 1.14 bits per heavy atom. The van der Waals surface area contributed by atoms with E-state index in [0.29, 0.717) is 41.5 Å². The van der Waals surface area contributed by atoms with Gasteiger partial charge >= 0.3 is 0 Å². The van der Waals surface area contributed by atoms with Crippen molar-refractivity contribution in [3.8, 4) is 11.5 Å². The minimum atomic E-state index is -0.291. The zero-order chi connectivity index (χ0) is 26.2. The number of carbonyl (C=O) groups is 2. The molecule has 0 saturated carbocycles. The summed E-state index contributed by atoms with van der Waals surface area (Å²) in [5.41, 5.74) is 1.37. The van der Waals surface area contributed by atoms with Gasteiger partial charge in [-0.1, -0.05) is 19.9 Å². The van der Waals surface area contributed by atoms with Crippen LogP contribution in [0.3, 0.4) is 0 Å². The van der Waals surface area contributed by atoms with E-state index in [1.54, 1.807) is 68.6 Å². The summed E-state index contributed by atoms with van der Waals surface area (Å²) in [6.07, 6.45) is 0.935. The molecule has 2 aromatic rings. The SMILES string of the molecule is CCCN1C[C@H](C)[C@@H](OC)CN(C)C(=O)c2cc(NC(=O)c3cccc(OC)c3)ccc2OC[C@H]1C. The van der Waals surface area contributed by atoms with Gasteiger partial charge in [0, 0.05) is 44.5 Å². The minimum Gasteiger partial charge on any atom is -0.497 e. The fraction of sp³-hybridized carbons (Fsp3) is 0.500. The predicted molar refractivity (Wildman–Crippen MR) is 141 cm³/mol. The second kappa shape index (κ2) is 12.7. The molecular formula is C28H39N3O5. The van der Waals surface area contributed by atoms with E-state index in [1.807, 2.05) is 0 Å². The highest BCUT2D eigenvalue weighted by Crippen LogP contribution is 2.27. The van der Waals surface area contributed by atoms with E-state index in [1.165, 1.54) is 0 Å². The molecule has 1 N–H and O–H groups in total. The molecule has 0 bridgehead atoms. The molecule has 0 unspecified atom stereocenters. The molecule has 8 heteroatoms. The zero-order valence-electron chi connectivity index (χ0n) is 22.2. The molecule has 3 atom stereocenters. The average Bonchev–Trinajstić information content (AvgIpc) is 2.89. The first-order valence-electron chi connectivity index (χ1n) is 12.5. The van der Waals surface area contributed by atoms with Gasteiger partial charge in [-0.2, -0.15) is 0 Å². The molecule has 0 fully saturated rings. The number of hydrogen-bond donors (Lipinski definition) is 1. The number of nitrogens with one attached hydrogen (secondary N) is 1. The predicted octanol–water partition coefficient (Wildman–Crippen LogP) is 4.16. The van der Waals surface area contributed by atoms with E-state index in [2.05, 4.69) is 31.0 Å². The van der Waals surface area contributed by atoms with Crippen LogP contribution in [0.5, 0.6) is 11.5 Å². The van der Waals surface area contributed by atoms with Crippen LogP contribution in [0.4, 0.5) is 5.69 Å². The topological polar surface area (TPSA) is 80.3 Å². The van der Waals surface area contributed by atoms with Crippen molar-refractivity contribution in [2.45, 2.75) is 39.3 Å². The van der Waals surface area contributed by atoms with Gasteiger partial charge in [0.25, 0.3) is 11.8 Å². The van der Waals surface area contributed by atoms with Crippen molar-refractivity contribution in [1.82, 2.24) is 9.80 Å². The fourth-order valence-electron chi connectivity index (χ4n) is 4.50. The lowest BCUT2D eigenvalue weighted by Crippen LogP contribution is -2.46. The van der Waals surface area contributed by atoms with E-state index >= 15 is 0 Å². The third-order valence-corrected chi connectivity index (χ3v) is 6.67. The molecule has 0 aromatic heterocycles. The maximum atomic E-state index is 13.5. The molecule has 3 rings (SSSR count). The van der Waals surface area contributed by atoms with Crippen molar-refractivity contribution >= 4 is 17.5 Å². The molecule has 0 aliphatic carbocycles. The number of ether oxygens (including phenoxy) is 3. The van der Waals surface area contributed by atoms with Crippen LogP contribution in [0.2, 0.25) is 0 Å². The Bertz CT molecular complexity index is 1040. The quantitative estimate of drug-likeness (QED) is 0.646. The third-order valence-electron chi connectivity index (χ3n) is 6.67. The summed E-state index contributed by atoms with van der Waals surface area (Å²) in [7, 11) is 5.02. The first-order valence-corrected chi connectivity index (χ1v) is 12.5. The highest BCUT2D eigenvalue weighted by Gasteiger charge is 2.28. The second-order valence-corrected chi connectivity index (χ2v) is 9.49. The lowest BCUT2D eigenvalue weighted by molar-refractivity contribution is 0.0108. The third kappa shape index (κ3) is 6.77. The van der Waals surface area contributed by atoms with Gasteiger partial charge in [0.05, 0.1) is 18.8 Å². The number of fused-ring (bicyclic) bond motifs is 1. The number of methoxy groups -OCH3 is 2. The van der Waals surface area contributed by atoms with E-state index in [9.17, 15) is 9.59 Å². The van der Waals surface area contributed by atoms with Gasteiger partial charge in [-0.25, -0.2) is 0 Å². The lowest BCUT2D eigenvalue weighted by atomic mass is 10.0. The van der Waals surface area contributed by atoms with Gasteiger partial charge in [-0.3, -0.25) is 14.5 Å². The largest absolute Gasteiger partial charge is 0.497 e. The van der Waals surface area contributed by atoms with Crippen LogP contribution in [-0.4, -0.2) is 81.3 Å². The summed E-state index contributed by atoms with van der Waals surface area (Å²) < 4.78 is 17.2. The van der Waals surface area contributed by atoms with Gasteiger partial charge in [-0.05, 0) is 62.2 Å². The zero-order valence-corrected chi connectivity index (χ0v) is 22.2. The van der Waals surface area contributed by atoms with Crippen molar-refractivity contribution in [2.24, 2.45) is 5.92 Å². The summed E-state index contributed by atoms with van der Waals surface area (Å²) in [5, 5.41) is 2.89. The van der Waals surface area contributed by atoms with Crippen LogP contribution < -0.4 is 14.8 Å². The molecule has 0 radical (unpaired) electrons. The summed E-state index contributed by atoms with van der Waals surface area (Å²) in [5.74, 6) is 0.846. The molecular weight excluding hydrogens is 458 g/mol. The van der Waals surface area contributed by atoms with Crippen LogP contribution in [0.1, 0.15) is 47.9 Å². The Morgan fingerprint density at radius 2 is 1.92 bits per heavy atom. The van der Waals surface area contributed by atoms with Gasteiger partial charge in [0.15, 0.2) is 0 Å². The maximum absolute atomic E-state index is 13.5. The Labute approximate surface area is 214 Å². The number of amides is 2. The summed E-state index contributed by atoms with van der Waals surface area (Å²) >= 11 is 0. The fourth-order valence-corrected chi connectivity index (χ4v) is 4.50. The van der Waals surface area contributed by atoms with E-state index in [0.717, 1.165) is 19.5 Å². The Morgan fingerprint density at radius 3 is 2.61 bits per heavy atom. The first-order chi connectivity index (χ1) is 17.3. The summed E-state index contributed by atoms with van der Waals surface area (Å²) in [4.78, 5) is 30.4. The Balaban J connectivity index is 1.91. The molecule has 2 amide bonds. The molecule has 8 nitrogen and oxygen atoms in total. The maximum Gasteiger partial charge on any atom is 0.257 e. The van der Waals surface area contributed by atoms with E-state index < -0.39 is 0 Å². The highest BCUT2D eigenvalue weighted by molar-refractivity contribution is 6.05. The van der Waals surface area contributed by atoms with Crippen molar-refractivity contribution < 1.29 is 23.8 Å². The van der Waals surface area contributed by atoms with Crippen LogP contribution >= 0.6 is 0 Å². The number of hydrogen-bond acceptors (Lipinski definition) is 6. The minimum absolute atomic E-state index is 0.106. The lowest BCUT2D eigenvalue weighted by Gasteiger charge is -2.35. The number of likely N-dealkylation sites (N-methyl/N-ethyl adjacent to an activating group) is 1. The van der Waals surface area contributed by atoms with Gasteiger partial charge in [0.1, 0.15) is 18.1 Å². The van der Waals surface area contributed by atoms with Gasteiger partial charge in [-0.15, -0.1) is 0 Å². The van der Waals surface area contributed by atoms with E-state index in [4.69, 9.17) is 14.2 Å².